The maximum Gasteiger partial charge on any atom is 0.313 e. The molecule has 10 nitrogen and oxygen atoms in total. The number of carbonyl (C=O) groups is 5. The number of hydrogen-bond donors (Lipinski definition) is 2. The van der Waals surface area contributed by atoms with Gasteiger partial charge in [-0.2, -0.15) is 0 Å². The van der Waals surface area contributed by atoms with Crippen LogP contribution in [0.5, 0.6) is 0 Å². The van der Waals surface area contributed by atoms with Crippen molar-refractivity contribution in [2.24, 2.45) is 0 Å². The second-order valence-corrected chi connectivity index (χ2v) is 7.98. The molecule has 0 aliphatic carbocycles. The lowest BCUT2D eigenvalue weighted by molar-refractivity contribution is -0.156. The van der Waals surface area contributed by atoms with E-state index in [9.17, 15) is 24.0 Å². The summed E-state index contributed by atoms with van der Waals surface area (Å²) in [5.41, 5.74) is 0. The van der Waals surface area contributed by atoms with Crippen molar-refractivity contribution in [2.45, 2.75) is 12.8 Å². The molecule has 0 spiro atoms. The van der Waals surface area contributed by atoms with Crippen LogP contribution in [0.25, 0.3) is 0 Å². The van der Waals surface area contributed by atoms with Gasteiger partial charge in [0.15, 0.2) is 0 Å². The van der Waals surface area contributed by atoms with Crippen LogP contribution >= 0.6 is 23.5 Å². The number of rotatable bonds is 11. The first-order valence-electron chi connectivity index (χ1n) is 8.30. The Bertz CT molecular complexity index is 587. The van der Waals surface area contributed by atoms with Crippen LogP contribution in [0.1, 0.15) is 12.8 Å². The monoisotopic (exact) mass is 433 g/mol. The predicted octanol–water partition coefficient (Wildman–Crippen LogP) is -0.0399. The molecule has 3 amide bonds. The standard InChI is InChI=1S/C16H23N3O7S2/c1-2-12(20)17-9-18(13(21)3-5-27-7-15(23)24)11-19(10-17)14(22)4-6-28-8-16(25)26/h2H,1,3-11H2,(H,23,24)(H,25,26). The molecule has 1 rings (SSSR count). The summed E-state index contributed by atoms with van der Waals surface area (Å²) in [6.07, 6.45) is 1.27. The van der Waals surface area contributed by atoms with Crippen molar-refractivity contribution in [1.82, 2.24) is 14.7 Å². The molecule has 0 bridgehead atoms. The van der Waals surface area contributed by atoms with E-state index in [-0.39, 0.29) is 56.2 Å². The summed E-state index contributed by atoms with van der Waals surface area (Å²) in [6, 6.07) is 0. The first kappa shape index (κ1) is 23.8. The zero-order valence-electron chi connectivity index (χ0n) is 15.2. The Hall–Kier alpha value is -2.21. The molecule has 0 saturated carbocycles. The van der Waals surface area contributed by atoms with Gasteiger partial charge in [0.05, 0.1) is 31.5 Å². The number of thioether (sulfide) groups is 2. The van der Waals surface area contributed by atoms with Gasteiger partial charge in [0, 0.05) is 24.3 Å². The number of carboxylic acids is 2. The van der Waals surface area contributed by atoms with E-state index in [1.54, 1.807) is 0 Å². The van der Waals surface area contributed by atoms with Gasteiger partial charge in [0.1, 0.15) is 0 Å². The van der Waals surface area contributed by atoms with Crippen LogP contribution in [0.4, 0.5) is 0 Å². The maximum absolute atomic E-state index is 12.4. The Morgan fingerprint density at radius 3 is 1.54 bits per heavy atom. The average molecular weight is 434 g/mol. The minimum absolute atomic E-state index is 0.0187. The van der Waals surface area contributed by atoms with Gasteiger partial charge in [-0.15, -0.1) is 23.5 Å². The number of hydrogen-bond acceptors (Lipinski definition) is 7. The smallest absolute Gasteiger partial charge is 0.313 e. The second kappa shape index (κ2) is 12.3. The fourth-order valence-corrected chi connectivity index (χ4v) is 3.57. The van der Waals surface area contributed by atoms with Crippen molar-refractivity contribution >= 4 is 53.2 Å². The summed E-state index contributed by atoms with van der Waals surface area (Å²) < 4.78 is 0. The third-order valence-electron chi connectivity index (χ3n) is 3.59. The molecular weight excluding hydrogens is 410 g/mol. The van der Waals surface area contributed by atoms with Gasteiger partial charge in [-0.3, -0.25) is 24.0 Å². The topological polar surface area (TPSA) is 136 Å². The number of amides is 3. The van der Waals surface area contributed by atoms with Crippen LogP contribution in [0, 0.1) is 0 Å². The molecule has 156 valence electrons. The third kappa shape index (κ3) is 8.65. The third-order valence-corrected chi connectivity index (χ3v) is 5.48. The highest BCUT2D eigenvalue weighted by molar-refractivity contribution is 8.00. The maximum atomic E-state index is 12.4. The molecule has 12 heteroatoms. The molecule has 0 aromatic heterocycles. The minimum atomic E-state index is -0.962. The molecule has 1 saturated heterocycles. The van der Waals surface area contributed by atoms with E-state index in [1.165, 1.54) is 14.7 Å². The number of carboxylic acid groups (broad SMARTS) is 2. The van der Waals surface area contributed by atoms with E-state index < -0.39 is 17.8 Å². The number of aliphatic carboxylic acids is 2. The van der Waals surface area contributed by atoms with Crippen LogP contribution in [0.2, 0.25) is 0 Å². The summed E-state index contributed by atoms with van der Waals surface area (Å²) in [6.45, 7) is 3.47. The Labute approximate surface area is 170 Å². The van der Waals surface area contributed by atoms with E-state index in [2.05, 4.69) is 6.58 Å². The second-order valence-electron chi connectivity index (χ2n) is 5.77. The van der Waals surface area contributed by atoms with Crippen LogP contribution < -0.4 is 0 Å². The lowest BCUT2D eigenvalue weighted by atomic mass is 10.3. The van der Waals surface area contributed by atoms with Crippen molar-refractivity contribution < 1.29 is 34.2 Å². The molecule has 0 aromatic carbocycles. The molecule has 1 aliphatic rings. The Morgan fingerprint density at radius 2 is 1.18 bits per heavy atom. The first-order valence-corrected chi connectivity index (χ1v) is 10.6. The van der Waals surface area contributed by atoms with Gasteiger partial charge >= 0.3 is 11.9 Å². The molecule has 0 atom stereocenters. The number of carbonyl (C=O) groups excluding carboxylic acids is 3. The molecule has 0 aromatic rings. The zero-order valence-corrected chi connectivity index (χ0v) is 16.9. The van der Waals surface area contributed by atoms with Crippen LogP contribution in [0.3, 0.4) is 0 Å². The van der Waals surface area contributed by atoms with E-state index in [4.69, 9.17) is 10.2 Å². The SMILES string of the molecule is C=CC(=O)N1CN(C(=O)CCSCC(=O)O)CN(C(=O)CCSCC(=O)O)C1. The van der Waals surface area contributed by atoms with Crippen molar-refractivity contribution in [2.75, 3.05) is 43.0 Å². The summed E-state index contributed by atoms with van der Waals surface area (Å²) in [5.74, 6) is -2.51. The molecule has 2 N–H and O–H groups in total. The van der Waals surface area contributed by atoms with Crippen molar-refractivity contribution in [3.8, 4) is 0 Å². The fourth-order valence-electron chi connectivity index (χ4n) is 2.29. The zero-order chi connectivity index (χ0) is 21.1. The van der Waals surface area contributed by atoms with E-state index in [0.717, 1.165) is 29.6 Å². The Kier molecular flexibility index (Phi) is 10.5. The van der Waals surface area contributed by atoms with Gasteiger partial charge < -0.3 is 24.9 Å². The quantitative estimate of drug-likeness (QED) is 0.340. The average Bonchev–Trinajstić information content (AvgIpc) is 2.66. The Balaban J connectivity index is 2.63. The van der Waals surface area contributed by atoms with Gasteiger partial charge in [-0.1, -0.05) is 6.58 Å². The van der Waals surface area contributed by atoms with Crippen molar-refractivity contribution in [3.05, 3.63) is 12.7 Å². The molecular formula is C16H23N3O7S2. The van der Waals surface area contributed by atoms with Gasteiger partial charge in [0.25, 0.3) is 0 Å². The highest BCUT2D eigenvalue weighted by Crippen LogP contribution is 2.14. The van der Waals surface area contributed by atoms with E-state index >= 15 is 0 Å². The lowest BCUT2D eigenvalue weighted by Gasteiger charge is -2.42. The molecule has 0 unspecified atom stereocenters. The highest BCUT2D eigenvalue weighted by Gasteiger charge is 2.30. The van der Waals surface area contributed by atoms with Crippen molar-refractivity contribution in [1.29, 1.82) is 0 Å². The summed E-state index contributed by atoms with van der Waals surface area (Å²) in [5, 5.41) is 17.2. The lowest BCUT2D eigenvalue weighted by Crippen LogP contribution is -2.59. The Morgan fingerprint density at radius 1 is 0.786 bits per heavy atom. The van der Waals surface area contributed by atoms with Crippen LogP contribution in [-0.4, -0.2) is 97.6 Å². The first-order chi connectivity index (χ1) is 13.2. The van der Waals surface area contributed by atoms with Crippen LogP contribution in [0.15, 0.2) is 12.7 Å². The van der Waals surface area contributed by atoms with E-state index in [1.807, 2.05) is 0 Å². The summed E-state index contributed by atoms with van der Waals surface area (Å²) in [4.78, 5) is 61.8. The fraction of sp³-hybridized carbons (Fsp3) is 0.562. The van der Waals surface area contributed by atoms with Gasteiger partial charge in [-0.25, -0.2) is 0 Å². The molecule has 28 heavy (non-hydrogen) atoms. The minimum Gasteiger partial charge on any atom is -0.481 e. The predicted molar refractivity (Wildman–Crippen MR) is 104 cm³/mol. The molecule has 1 aliphatic heterocycles. The van der Waals surface area contributed by atoms with Crippen LogP contribution in [-0.2, 0) is 24.0 Å². The largest absolute Gasteiger partial charge is 0.481 e. The number of nitrogens with zero attached hydrogens (tertiary/aromatic N) is 3. The molecule has 0 radical (unpaired) electrons. The molecule has 1 fully saturated rings. The van der Waals surface area contributed by atoms with Crippen molar-refractivity contribution in [3.63, 3.8) is 0 Å². The highest BCUT2D eigenvalue weighted by atomic mass is 32.2. The summed E-state index contributed by atoms with van der Waals surface area (Å²) >= 11 is 2.23. The summed E-state index contributed by atoms with van der Waals surface area (Å²) in [7, 11) is 0. The van der Waals surface area contributed by atoms with E-state index in [0.29, 0.717) is 11.5 Å². The molecule has 1 heterocycles. The van der Waals surface area contributed by atoms with Gasteiger partial charge in [-0.05, 0) is 6.08 Å². The normalized spacial score (nSPS) is 13.9. The van der Waals surface area contributed by atoms with Gasteiger partial charge in [0.2, 0.25) is 17.7 Å².